The van der Waals surface area contributed by atoms with Crippen molar-refractivity contribution < 1.29 is 28.0 Å². The summed E-state index contributed by atoms with van der Waals surface area (Å²) < 4.78 is 21.7. The summed E-state index contributed by atoms with van der Waals surface area (Å²) in [5.74, 6) is 5.46. The summed E-state index contributed by atoms with van der Waals surface area (Å²) in [6.07, 6.45) is 24.3. The molecule has 6 aliphatic heterocycles. The monoisotopic (exact) mass is 1360 g/mol. The van der Waals surface area contributed by atoms with Gasteiger partial charge in [-0.15, -0.1) is 0 Å². The number of benzene rings is 4. The van der Waals surface area contributed by atoms with E-state index in [1.54, 1.807) is 5.56 Å². The largest absolute Gasteiger partial charge is 0.392 e. The number of hydrogen-bond donors (Lipinski definition) is 2. The van der Waals surface area contributed by atoms with E-state index in [1.807, 2.05) is 12.1 Å². The highest BCUT2D eigenvalue weighted by molar-refractivity contribution is 9.18. The van der Waals surface area contributed by atoms with Crippen LogP contribution in [0, 0.1) is 17.8 Å². The van der Waals surface area contributed by atoms with E-state index in [0.717, 1.165) is 101 Å². The molecule has 2 N–H and O–H groups in total. The van der Waals surface area contributed by atoms with E-state index >= 15 is 0 Å². The summed E-state index contributed by atoms with van der Waals surface area (Å²) in [5, 5.41) is 24.1. The van der Waals surface area contributed by atoms with Crippen LogP contribution in [0.5, 0.6) is 0 Å². The van der Waals surface area contributed by atoms with Crippen LogP contribution in [0.1, 0.15) is 184 Å². The Kier molecular flexibility index (Phi) is 24.9. The van der Waals surface area contributed by atoms with E-state index in [2.05, 4.69) is 181 Å². The van der Waals surface area contributed by atoms with Crippen molar-refractivity contribution in [1.82, 2.24) is 15.1 Å². The highest BCUT2D eigenvalue weighted by Crippen LogP contribution is 2.43. The number of aliphatic hydroxyl groups is 1. The lowest BCUT2D eigenvalue weighted by Crippen LogP contribution is -2.37. The molecule has 4 saturated carbocycles. The Balaban J connectivity index is 0.000000126. The van der Waals surface area contributed by atoms with Crippen LogP contribution in [0.2, 0.25) is 0 Å². The number of nitrogens with one attached hydrogen (secondary N) is 1. The van der Waals surface area contributed by atoms with Gasteiger partial charge >= 0.3 is 0 Å². The third kappa shape index (κ3) is 22.5. The van der Waals surface area contributed by atoms with Crippen molar-refractivity contribution in [3.05, 3.63) is 142 Å². The average molecular weight is 1370 g/mol. The van der Waals surface area contributed by atoms with Gasteiger partial charge in [0, 0.05) is 60.8 Å². The summed E-state index contributed by atoms with van der Waals surface area (Å²) >= 11 is 10.2. The number of aliphatic hydroxyl groups excluding tert-OH is 1. The molecular formula is C66H88Br3ClN6O6S. The molecule has 4 aromatic carbocycles. The average Bonchev–Trinajstić information content (AvgIpc) is 4.31. The third-order valence-corrected chi connectivity index (χ3v) is 19.1. The van der Waals surface area contributed by atoms with Gasteiger partial charge < -0.3 is 24.9 Å². The smallest absolute Gasteiger partial charge is 0.229 e. The summed E-state index contributed by atoms with van der Waals surface area (Å²) in [4.78, 5) is 21.5. The number of rotatable bonds is 13. The second kappa shape index (κ2) is 32.2. The summed E-state index contributed by atoms with van der Waals surface area (Å²) in [6.45, 7) is 11.5. The first-order valence-corrected chi connectivity index (χ1v) is 36.0. The molecule has 14 rings (SSSR count). The van der Waals surface area contributed by atoms with Gasteiger partial charge in [0.1, 0.15) is 32.2 Å². The van der Waals surface area contributed by atoms with Gasteiger partial charge in [-0.05, 0) is 252 Å². The Bertz CT molecular complexity index is 2640. The van der Waals surface area contributed by atoms with Gasteiger partial charge in [-0.2, -0.15) is 0 Å². The number of aryl methyl sites for hydroxylation is 1. The summed E-state index contributed by atoms with van der Waals surface area (Å²) in [5.41, 5.74) is 11.4. The Labute approximate surface area is 525 Å². The first-order chi connectivity index (χ1) is 40.2. The molecule has 4 aliphatic carbocycles. The quantitative estimate of drug-likeness (QED) is 0.125. The van der Waals surface area contributed by atoms with Crippen LogP contribution in [-0.4, -0.2) is 101 Å². The Hall–Kier alpha value is -3.19. The maximum atomic E-state index is 9.40. The van der Waals surface area contributed by atoms with Crippen molar-refractivity contribution in [2.24, 2.45) is 33.2 Å². The number of likely N-dealkylation sites (tertiary alicyclic amines) is 2. The number of hydrogen-bond acceptors (Lipinski definition) is 12. The standard InChI is InChI=1S/2C18H23BrN2O.C11H14.C10H12O.C8H13BrN2O.CH3ClO2S/c2*19-18-11-17(22-20-18)16-7-9-21(10-8-16)12-13-1-3-14(4-2-13)15-5-6-15;1-2-9-3-5-10(6-4-9)11-7-8-11;11-7-8-1-3-9(4-2-8)10-5-6-10;9-8-5-7(12-11-8)6-1-3-10-4-2-6;1-5(2,3)4/h2*1-4,15-17H,5-12H2;3-6,11H,2,7-8H2,1H3;1-4,10-11H,5-7H2;6-7,10H,1-5H2;1H3/t17-;;;;;/m0...../s1. The minimum Gasteiger partial charge on any atom is -0.392 e. The zero-order chi connectivity index (χ0) is 58.1. The predicted molar refractivity (Wildman–Crippen MR) is 349 cm³/mol. The predicted octanol–water partition coefficient (Wildman–Crippen LogP) is 15.4. The molecule has 0 spiro atoms. The van der Waals surface area contributed by atoms with Crippen LogP contribution >= 0.6 is 58.5 Å². The SMILES string of the molecule is BrC1=NOC(C2CCN(Cc3ccc(C4CC4)cc3)CC2)C1.BrC1=NOC(C2CCNCC2)C1.BrC1=NO[C@H](C2CCN(Cc3ccc(C4CC4)cc3)CC2)C1.CCc1ccc(C2CC2)cc1.CS(=O)(=O)Cl.OCc1ccc(C2CC2)cc1. The van der Waals surface area contributed by atoms with E-state index in [0.29, 0.717) is 36.1 Å². The molecule has 17 heteroatoms. The zero-order valence-corrected chi connectivity index (χ0v) is 55.1. The zero-order valence-electron chi connectivity index (χ0n) is 48.7. The lowest BCUT2D eigenvalue weighted by atomic mass is 9.90. The highest BCUT2D eigenvalue weighted by Gasteiger charge is 2.34. The van der Waals surface area contributed by atoms with Crippen molar-refractivity contribution in [3.8, 4) is 0 Å². The Morgan fingerprint density at radius 2 is 0.759 bits per heavy atom. The molecule has 12 nitrogen and oxygen atoms in total. The van der Waals surface area contributed by atoms with Crippen LogP contribution in [0.3, 0.4) is 0 Å². The molecule has 0 amide bonds. The summed E-state index contributed by atoms with van der Waals surface area (Å²) in [7, 11) is 1.31. The van der Waals surface area contributed by atoms with Crippen LogP contribution in [0.15, 0.2) is 113 Å². The minimum absolute atomic E-state index is 0.158. The Morgan fingerprint density at radius 1 is 0.482 bits per heavy atom. The fourth-order valence-corrected chi connectivity index (χ4v) is 13.1. The maximum Gasteiger partial charge on any atom is 0.229 e. The number of piperidine rings is 3. The highest BCUT2D eigenvalue weighted by atomic mass is 79.9. The van der Waals surface area contributed by atoms with E-state index < -0.39 is 9.05 Å². The second-order valence-corrected chi connectivity index (χ2v) is 30.3. The normalized spacial score (nSPS) is 23.9. The van der Waals surface area contributed by atoms with Crippen LogP contribution in [0.25, 0.3) is 0 Å². The van der Waals surface area contributed by atoms with Crippen molar-refractivity contribution >= 4 is 81.4 Å². The molecule has 3 atom stereocenters. The molecule has 6 heterocycles. The molecule has 4 aromatic rings. The van der Waals surface area contributed by atoms with Crippen molar-refractivity contribution in [3.63, 3.8) is 0 Å². The van der Waals surface area contributed by atoms with Crippen LogP contribution in [0.4, 0.5) is 0 Å². The molecule has 0 bridgehead atoms. The van der Waals surface area contributed by atoms with E-state index in [9.17, 15) is 8.42 Å². The van der Waals surface area contributed by atoms with E-state index in [1.165, 1.54) is 149 Å². The van der Waals surface area contributed by atoms with Gasteiger partial charge in [0.25, 0.3) is 0 Å². The van der Waals surface area contributed by atoms with Gasteiger partial charge in [0.2, 0.25) is 9.05 Å². The van der Waals surface area contributed by atoms with Gasteiger partial charge in [0.05, 0.1) is 12.9 Å². The molecule has 452 valence electrons. The third-order valence-electron chi connectivity index (χ3n) is 17.7. The Morgan fingerprint density at radius 3 is 1.01 bits per heavy atom. The molecule has 83 heavy (non-hydrogen) atoms. The van der Waals surface area contributed by atoms with Gasteiger partial charge in [-0.1, -0.05) is 119 Å². The lowest BCUT2D eigenvalue weighted by molar-refractivity contribution is 0.0127. The molecule has 10 aliphatic rings. The molecular weight excluding hydrogens is 1280 g/mol. The number of oxime groups is 3. The molecule has 0 aromatic heterocycles. The lowest BCUT2D eigenvalue weighted by Gasteiger charge is -2.33. The number of halogens is 4. The first-order valence-electron chi connectivity index (χ1n) is 30.9. The van der Waals surface area contributed by atoms with Gasteiger partial charge in [0.15, 0.2) is 0 Å². The topological polar surface area (TPSA) is 138 Å². The first kappa shape index (κ1) is 64.3. The number of nitrogens with zero attached hydrogens (tertiary/aromatic N) is 5. The van der Waals surface area contributed by atoms with Crippen molar-refractivity contribution in [2.45, 2.75) is 184 Å². The molecule has 2 unspecified atom stereocenters. The van der Waals surface area contributed by atoms with E-state index in [-0.39, 0.29) is 6.61 Å². The fraction of sp³-hybridized carbons (Fsp3) is 0.591. The molecule has 7 fully saturated rings. The minimum atomic E-state index is -3.19. The van der Waals surface area contributed by atoms with Gasteiger partial charge in [-0.25, -0.2) is 8.42 Å². The molecule has 0 radical (unpaired) electrons. The maximum absolute atomic E-state index is 9.40. The fourth-order valence-electron chi connectivity index (χ4n) is 11.9. The summed E-state index contributed by atoms with van der Waals surface area (Å²) in [6, 6.07) is 36.0. The van der Waals surface area contributed by atoms with Crippen molar-refractivity contribution in [1.29, 1.82) is 0 Å². The van der Waals surface area contributed by atoms with Gasteiger partial charge in [-0.3, -0.25) is 9.80 Å². The van der Waals surface area contributed by atoms with E-state index in [4.69, 9.17) is 19.6 Å². The van der Waals surface area contributed by atoms with Crippen LogP contribution in [-0.2, 0) is 49.7 Å². The van der Waals surface area contributed by atoms with Crippen molar-refractivity contribution in [2.75, 3.05) is 45.5 Å². The molecule has 3 saturated heterocycles. The second-order valence-electron chi connectivity index (χ2n) is 24.5. The van der Waals surface area contributed by atoms with Crippen LogP contribution < -0.4 is 5.32 Å².